The zero-order valence-electron chi connectivity index (χ0n) is 11.4. The molecule has 2 rings (SSSR count). The maximum Gasteiger partial charge on any atom is 0.0369 e. The van der Waals surface area contributed by atoms with Gasteiger partial charge in [-0.05, 0) is 69.5 Å². The van der Waals surface area contributed by atoms with E-state index in [1.54, 1.807) is 0 Å². The Morgan fingerprint density at radius 1 is 1.33 bits per heavy atom. The highest BCUT2D eigenvalue weighted by Crippen LogP contribution is 2.27. The molecular formula is C15H23BrN2. The van der Waals surface area contributed by atoms with Crippen LogP contribution in [0.2, 0.25) is 0 Å². The van der Waals surface area contributed by atoms with E-state index in [9.17, 15) is 0 Å². The number of piperidine rings is 1. The summed E-state index contributed by atoms with van der Waals surface area (Å²) in [6, 6.07) is 6.68. The number of halogens is 1. The summed E-state index contributed by atoms with van der Waals surface area (Å²) < 4.78 is 1.20. The summed E-state index contributed by atoms with van der Waals surface area (Å²) in [5, 5.41) is 3.25. The number of anilines is 1. The second-order valence-corrected chi connectivity index (χ2v) is 6.11. The molecule has 1 aliphatic heterocycles. The zero-order valence-corrected chi connectivity index (χ0v) is 13.0. The molecule has 0 aliphatic carbocycles. The third-order valence-electron chi connectivity index (χ3n) is 3.92. The quantitative estimate of drug-likeness (QED) is 0.914. The van der Waals surface area contributed by atoms with Crippen molar-refractivity contribution in [2.24, 2.45) is 5.92 Å². The van der Waals surface area contributed by atoms with Gasteiger partial charge >= 0.3 is 0 Å². The molecule has 0 bridgehead atoms. The monoisotopic (exact) mass is 310 g/mol. The predicted octanol–water partition coefficient (Wildman–Crippen LogP) is 3.58. The highest BCUT2D eigenvalue weighted by Gasteiger charge is 2.19. The summed E-state index contributed by atoms with van der Waals surface area (Å²) in [7, 11) is 2.04. The van der Waals surface area contributed by atoms with E-state index >= 15 is 0 Å². The maximum atomic E-state index is 3.57. The largest absolute Gasteiger partial charge is 0.372 e. The minimum atomic E-state index is 0.908. The van der Waals surface area contributed by atoms with E-state index in [0.29, 0.717) is 0 Å². The van der Waals surface area contributed by atoms with Gasteiger partial charge in [0, 0.05) is 23.2 Å². The number of nitrogens with zero attached hydrogens (tertiary/aromatic N) is 1. The highest BCUT2D eigenvalue weighted by atomic mass is 79.9. The van der Waals surface area contributed by atoms with E-state index < -0.39 is 0 Å². The summed E-state index contributed by atoms with van der Waals surface area (Å²) in [6.07, 6.45) is 3.98. The number of nitrogens with one attached hydrogen (secondary N) is 1. The first kappa shape index (κ1) is 13.9. The van der Waals surface area contributed by atoms with Crippen molar-refractivity contribution in [1.29, 1.82) is 0 Å². The van der Waals surface area contributed by atoms with Gasteiger partial charge in [0.05, 0.1) is 0 Å². The molecule has 0 atom stereocenters. The van der Waals surface area contributed by atoms with Gasteiger partial charge < -0.3 is 10.2 Å². The van der Waals surface area contributed by atoms with Crippen LogP contribution >= 0.6 is 15.9 Å². The number of rotatable bonds is 4. The van der Waals surface area contributed by atoms with Crippen LogP contribution in [0.15, 0.2) is 22.7 Å². The number of benzene rings is 1. The molecule has 0 saturated carbocycles. The van der Waals surface area contributed by atoms with Gasteiger partial charge in [0.2, 0.25) is 0 Å². The van der Waals surface area contributed by atoms with E-state index in [1.165, 1.54) is 48.1 Å². The van der Waals surface area contributed by atoms with Crippen molar-refractivity contribution in [3.63, 3.8) is 0 Å². The third kappa shape index (κ3) is 3.48. The van der Waals surface area contributed by atoms with Crippen LogP contribution < -0.4 is 10.2 Å². The Morgan fingerprint density at radius 3 is 2.67 bits per heavy atom. The fraction of sp³-hybridized carbons (Fsp3) is 0.600. The summed E-state index contributed by atoms with van der Waals surface area (Å²) in [5.74, 6) is 0.908. The molecule has 1 N–H and O–H groups in total. The van der Waals surface area contributed by atoms with Gasteiger partial charge in [-0.15, -0.1) is 0 Å². The van der Waals surface area contributed by atoms with Crippen LogP contribution in [0.25, 0.3) is 0 Å². The van der Waals surface area contributed by atoms with Crippen molar-refractivity contribution in [2.75, 3.05) is 31.6 Å². The number of hydrogen-bond acceptors (Lipinski definition) is 2. The molecule has 1 aromatic rings. The molecule has 1 saturated heterocycles. The van der Waals surface area contributed by atoms with Crippen LogP contribution in [-0.4, -0.2) is 26.7 Å². The lowest BCUT2D eigenvalue weighted by Gasteiger charge is -2.34. The molecule has 100 valence electrons. The Bertz CT molecular complexity index is 384. The van der Waals surface area contributed by atoms with Crippen molar-refractivity contribution >= 4 is 21.6 Å². The standard InChI is InChI=1S/C15H23BrN2/c1-12-11-14(3-4-15(12)16)18-9-6-13(7-10-18)5-8-17-2/h3-4,11,13,17H,5-10H2,1-2H3. The first-order chi connectivity index (χ1) is 8.70. The van der Waals surface area contributed by atoms with Crippen LogP contribution in [0.3, 0.4) is 0 Å². The Labute approximate surface area is 119 Å². The van der Waals surface area contributed by atoms with E-state index in [0.717, 1.165) is 12.5 Å². The minimum absolute atomic E-state index is 0.908. The predicted molar refractivity (Wildman–Crippen MR) is 82.4 cm³/mol. The first-order valence-electron chi connectivity index (χ1n) is 6.86. The molecule has 0 aromatic heterocycles. The van der Waals surface area contributed by atoms with Gasteiger partial charge in [0.25, 0.3) is 0 Å². The molecular weight excluding hydrogens is 288 g/mol. The Balaban J connectivity index is 1.90. The van der Waals surface area contributed by atoms with Crippen molar-refractivity contribution in [2.45, 2.75) is 26.2 Å². The van der Waals surface area contributed by atoms with Crippen molar-refractivity contribution in [3.05, 3.63) is 28.2 Å². The van der Waals surface area contributed by atoms with Gasteiger partial charge in [0.1, 0.15) is 0 Å². The van der Waals surface area contributed by atoms with Crippen LogP contribution in [-0.2, 0) is 0 Å². The average molecular weight is 311 g/mol. The van der Waals surface area contributed by atoms with Gasteiger partial charge in [-0.3, -0.25) is 0 Å². The molecule has 0 spiro atoms. The molecule has 18 heavy (non-hydrogen) atoms. The van der Waals surface area contributed by atoms with Gasteiger partial charge in [-0.25, -0.2) is 0 Å². The summed E-state index contributed by atoms with van der Waals surface area (Å²) in [5.41, 5.74) is 2.70. The van der Waals surface area contributed by atoms with Gasteiger partial charge in [0.15, 0.2) is 0 Å². The van der Waals surface area contributed by atoms with Gasteiger partial charge in [-0.1, -0.05) is 15.9 Å². The van der Waals surface area contributed by atoms with Gasteiger partial charge in [-0.2, -0.15) is 0 Å². The fourth-order valence-electron chi connectivity index (χ4n) is 2.65. The van der Waals surface area contributed by atoms with E-state index in [1.807, 2.05) is 7.05 Å². The van der Waals surface area contributed by atoms with Crippen molar-refractivity contribution < 1.29 is 0 Å². The SMILES string of the molecule is CNCCC1CCN(c2ccc(Br)c(C)c2)CC1. The summed E-state index contributed by atoms with van der Waals surface area (Å²) >= 11 is 3.57. The van der Waals surface area contributed by atoms with E-state index in [2.05, 4.69) is 51.3 Å². The van der Waals surface area contributed by atoms with E-state index in [-0.39, 0.29) is 0 Å². The maximum absolute atomic E-state index is 3.57. The molecule has 1 heterocycles. The van der Waals surface area contributed by atoms with Crippen LogP contribution in [0.5, 0.6) is 0 Å². The molecule has 1 fully saturated rings. The highest BCUT2D eigenvalue weighted by molar-refractivity contribution is 9.10. The molecule has 0 unspecified atom stereocenters. The topological polar surface area (TPSA) is 15.3 Å². The number of hydrogen-bond donors (Lipinski definition) is 1. The second-order valence-electron chi connectivity index (χ2n) is 5.26. The molecule has 2 nitrogen and oxygen atoms in total. The Kier molecular flexibility index (Phi) is 5.07. The third-order valence-corrected chi connectivity index (χ3v) is 4.81. The fourth-order valence-corrected chi connectivity index (χ4v) is 2.90. The summed E-state index contributed by atoms with van der Waals surface area (Å²) in [4.78, 5) is 2.52. The normalized spacial score (nSPS) is 17.2. The van der Waals surface area contributed by atoms with Crippen molar-refractivity contribution in [1.82, 2.24) is 5.32 Å². The molecule has 3 heteroatoms. The zero-order chi connectivity index (χ0) is 13.0. The molecule has 0 radical (unpaired) electrons. The molecule has 1 aliphatic rings. The average Bonchev–Trinajstić information content (AvgIpc) is 2.40. The lowest BCUT2D eigenvalue weighted by atomic mass is 9.93. The summed E-state index contributed by atoms with van der Waals surface area (Å²) in [6.45, 7) is 5.72. The van der Waals surface area contributed by atoms with Crippen molar-refractivity contribution in [3.8, 4) is 0 Å². The second kappa shape index (κ2) is 6.58. The lowest BCUT2D eigenvalue weighted by Crippen LogP contribution is -2.34. The number of aryl methyl sites for hydroxylation is 1. The van der Waals surface area contributed by atoms with E-state index in [4.69, 9.17) is 0 Å². The molecule has 1 aromatic carbocycles. The first-order valence-corrected chi connectivity index (χ1v) is 7.65. The van der Waals surface area contributed by atoms with Crippen LogP contribution in [0, 0.1) is 12.8 Å². The van der Waals surface area contributed by atoms with Crippen LogP contribution in [0.1, 0.15) is 24.8 Å². The Hall–Kier alpha value is -0.540. The minimum Gasteiger partial charge on any atom is -0.372 e. The smallest absolute Gasteiger partial charge is 0.0369 e. The van der Waals surface area contributed by atoms with Crippen LogP contribution in [0.4, 0.5) is 5.69 Å². The molecule has 0 amide bonds. The Morgan fingerprint density at radius 2 is 2.06 bits per heavy atom. The lowest BCUT2D eigenvalue weighted by molar-refractivity contribution is 0.378.